The normalized spacial score (nSPS) is 19.3. The number of likely N-dealkylation sites (tertiary alicyclic amines) is 1. The summed E-state index contributed by atoms with van der Waals surface area (Å²) in [4.78, 5) is 25.4. The Bertz CT molecular complexity index is 293. The van der Waals surface area contributed by atoms with Crippen molar-refractivity contribution < 1.29 is 19.1 Å². The number of esters is 1. The van der Waals surface area contributed by atoms with Crippen LogP contribution in [-0.4, -0.2) is 49.7 Å². The molecule has 0 radical (unpaired) electrons. The second kappa shape index (κ2) is 8.91. The summed E-state index contributed by atoms with van der Waals surface area (Å²) in [6.07, 6.45) is 3.04. The van der Waals surface area contributed by atoms with Crippen LogP contribution in [0, 0.1) is 5.92 Å². The molecule has 0 unspecified atom stereocenters. The Kier molecular flexibility index (Phi) is 7.48. The first-order chi connectivity index (χ1) is 9.19. The number of amides is 1. The van der Waals surface area contributed by atoms with Crippen molar-refractivity contribution in [3.05, 3.63) is 0 Å². The van der Waals surface area contributed by atoms with Gasteiger partial charge in [0.15, 0.2) is 0 Å². The van der Waals surface area contributed by atoms with Crippen molar-refractivity contribution in [1.29, 1.82) is 0 Å². The lowest BCUT2D eigenvalue weighted by molar-refractivity contribution is -0.151. The first-order valence-corrected chi connectivity index (χ1v) is 7.21. The quantitative estimate of drug-likeness (QED) is 0.521. The predicted octanol–water partition coefficient (Wildman–Crippen LogP) is 1.60. The van der Waals surface area contributed by atoms with Gasteiger partial charge >= 0.3 is 5.97 Å². The highest BCUT2D eigenvalue weighted by Crippen LogP contribution is 2.18. The van der Waals surface area contributed by atoms with Crippen LogP contribution in [0.1, 0.15) is 39.5 Å². The molecule has 5 heteroatoms. The minimum absolute atomic E-state index is 0.0742. The molecule has 0 bridgehead atoms. The van der Waals surface area contributed by atoms with Crippen LogP contribution in [0.2, 0.25) is 0 Å². The number of piperidine rings is 1. The van der Waals surface area contributed by atoms with Crippen molar-refractivity contribution in [2.75, 3.05) is 32.9 Å². The number of ether oxygens (including phenoxy) is 2. The van der Waals surface area contributed by atoms with Crippen molar-refractivity contribution in [3.63, 3.8) is 0 Å². The van der Waals surface area contributed by atoms with Crippen LogP contribution in [0.5, 0.6) is 0 Å². The average molecular weight is 271 g/mol. The molecule has 1 aliphatic heterocycles. The lowest BCUT2D eigenvalue weighted by Crippen LogP contribution is -2.43. The minimum Gasteiger partial charge on any atom is -0.466 e. The Hall–Kier alpha value is -1.10. The van der Waals surface area contributed by atoms with Gasteiger partial charge in [0.2, 0.25) is 5.91 Å². The van der Waals surface area contributed by atoms with E-state index in [0.29, 0.717) is 32.8 Å². The van der Waals surface area contributed by atoms with E-state index in [-0.39, 0.29) is 17.8 Å². The first kappa shape index (κ1) is 16.0. The van der Waals surface area contributed by atoms with E-state index in [1.54, 1.807) is 11.8 Å². The van der Waals surface area contributed by atoms with Gasteiger partial charge in [-0.15, -0.1) is 0 Å². The lowest BCUT2D eigenvalue weighted by Gasteiger charge is -2.31. The molecule has 0 saturated carbocycles. The monoisotopic (exact) mass is 271 g/mol. The number of hydrogen-bond acceptors (Lipinski definition) is 4. The number of carbonyl (C=O) groups excluding carboxylic acids is 2. The van der Waals surface area contributed by atoms with Crippen LogP contribution in [0.15, 0.2) is 0 Å². The van der Waals surface area contributed by atoms with Gasteiger partial charge in [0.25, 0.3) is 0 Å². The largest absolute Gasteiger partial charge is 0.466 e. The molecule has 1 amide bonds. The fraction of sp³-hybridized carbons (Fsp3) is 0.857. The number of hydrogen-bond donors (Lipinski definition) is 0. The fourth-order valence-corrected chi connectivity index (χ4v) is 2.22. The van der Waals surface area contributed by atoms with Crippen LogP contribution in [-0.2, 0) is 19.1 Å². The van der Waals surface area contributed by atoms with Crippen molar-refractivity contribution in [2.45, 2.75) is 39.5 Å². The van der Waals surface area contributed by atoms with Gasteiger partial charge in [0, 0.05) is 19.7 Å². The maximum absolute atomic E-state index is 12.0. The van der Waals surface area contributed by atoms with Crippen LogP contribution in [0.3, 0.4) is 0 Å². The molecule has 1 fully saturated rings. The van der Waals surface area contributed by atoms with Crippen LogP contribution in [0.25, 0.3) is 0 Å². The maximum atomic E-state index is 12.0. The molecular formula is C14H25NO4. The fourth-order valence-electron chi connectivity index (χ4n) is 2.22. The average Bonchev–Trinajstić information content (AvgIpc) is 2.44. The molecule has 0 spiro atoms. The Morgan fingerprint density at radius 2 is 2.05 bits per heavy atom. The molecule has 0 aromatic carbocycles. The number of nitrogens with zero attached hydrogens (tertiary/aromatic N) is 1. The maximum Gasteiger partial charge on any atom is 0.310 e. The summed E-state index contributed by atoms with van der Waals surface area (Å²) in [5.74, 6) is -0.262. The van der Waals surface area contributed by atoms with Crippen LogP contribution < -0.4 is 0 Å². The standard InChI is InChI=1S/C14H25NO4/c1-3-9-18-10-7-13(16)15-8-5-6-12(11-15)14(17)19-4-2/h12H,3-11H2,1-2H3/t12-/m0/s1. The highest BCUT2D eigenvalue weighted by molar-refractivity contribution is 5.78. The van der Waals surface area contributed by atoms with E-state index < -0.39 is 0 Å². The zero-order chi connectivity index (χ0) is 14.1. The molecule has 1 atom stereocenters. The SMILES string of the molecule is CCCOCCC(=O)N1CCC[C@H](C(=O)OCC)C1. The molecule has 110 valence electrons. The van der Waals surface area contributed by atoms with Gasteiger partial charge < -0.3 is 14.4 Å². The van der Waals surface area contributed by atoms with Crippen molar-refractivity contribution in [2.24, 2.45) is 5.92 Å². The van der Waals surface area contributed by atoms with Gasteiger partial charge in [-0.05, 0) is 26.2 Å². The summed E-state index contributed by atoms with van der Waals surface area (Å²) < 4.78 is 10.3. The molecule has 1 heterocycles. The molecule has 0 aromatic rings. The van der Waals surface area contributed by atoms with Gasteiger partial charge in [0.1, 0.15) is 0 Å². The van der Waals surface area contributed by atoms with E-state index in [1.165, 1.54) is 0 Å². The summed E-state index contributed by atoms with van der Waals surface area (Å²) in [5, 5.41) is 0. The van der Waals surface area contributed by atoms with E-state index in [1.807, 2.05) is 6.92 Å². The minimum atomic E-state index is -0.178. The smallest absolute Gasteiger partial charge is 0.310 e. The summed E-state index contributed by atoms with van der Waals surface area (Å²) >= 11 is 0. The summed E-state index contributed by atoms with van der Waals surface area (Å²) in [6.45, 7) is 6.62. The zero-order valence-electron chi connectivity index (χ0n) is 12.0. The Labute approximate surface area is 115 Å². The third-order valence-electron chi connectivity index (χ3n) is 3.20. The Morgan fingerprint density at radius 1 is 1.26 bits per heavy atom. The van der Waals surface area contributed by atoms with Crippen molar-refractivity contribution in [1.82, 2.24) is 4.90 Å². The molecule has 5 nitrogen and oxygen atoms in total. The molecule has 0 aromatic heterocycles. The first-order valence-electron chi connectivity index (χ1n) is 7.21. The van der Waals surface area contributed by atoms with Gasteiger partial charge in [-0.2, -0.15) is 0 Å². The molecular weight excluding hydrogens is 246 g/mol. The lowest BCUT2D eigenvalue weighted by atomic mass is 9.98. The van der Waals surface area contributed by atoms with E-state index >= 15 is 0 Å². The van der Waals surface area contributed by atoms with Gasteiger partial charge in [-0.25, -0.2) is 0 Å². The van der Waals surface area contributed by atoms with E-state index in [0.717, 1.165) is 25.8 Å². The van der Waals surface area contributed by atoms with E-state index in [9.17, 15) is 9.59 Å². The highest BCUT2D eigenvalue weighted by Gasteiger charge is 2.28. The third kappa shape index (κ3) is 5.59. The molecule has 19 heavy (non-hydrogen) atoms. The van der Waals surface area contributed by atoms with E-state index in [2.05, 4.69) is 0 Å². The van der Waals surface area contributed by atoms with Gasteiger partial charge in [-0.3, -0.25) is 9.59 Å². The topological polar surface area (TPSA) is 55.8 Å². The van der Waals surface area contributed by atoms with Crippen LogP contribution >= 0.6 is 0 Å². The van der Waals surface area contributed by atoms with E-state index in [4.69, 9.17) is 9.47 Å². The third-order valence-corrected chi connectivity index (χ3v) is 3.20. The highest BCUT2D eigenvalue weighted by atomic mass is 16.5. The molecule has 0 aliphatic carbocycles. The Morgan fingerprint density at radius 3 is 2.74 bits per heavy atom. The molecule has 0 N–H and O–H groups in total. The summed E-state index contributed by atoms with van der Waals surface area (Å²) in [6, 6.07) is 0. The Balaban J connectivity index is 2.32. The number of rotatable bonds is 7. The zero-order valence-corrected chi connectivity index (χ0v) is 12.0. The van der Waals surface area contributed by atoms with Gasteiger partial charge in [0.05, 0.1) is 25.6 Å². The molecule has 1 rings (SSSR count). The predicted molar refractivity (Wildman–Crippen MR) is 71.7 cm³/mol. The second-order valence-corrected chi connectivity index (χ2v) is 4.79. The summed E-state index contributed by atoms with van der Waals surface area (Å²) in [7, 11) is 0. The van der Waals surface area contributed by atoms with Crippen LogP contribution in [0.4, 0.5) is 0 Å². The van der Waals surface area contributed by atoms with Crippen molar-refractivity contribution in [3.8, 4) is 0 Å². The van der Waals surface area contributed by atoms with Crippen molar-refractivity contribution >= 4 is 11.9 Å². The second-order valence-electron chi connectivity index (χ2n) is 4.79. The molecule has 1 saturated heterocycles. The number of carbonyl (C=O) groups is 2. The summed E-state index contributed by atoms with van der Waals surface area (Å²) in [5.41, 5.74) is 0. The van der Waals surface area contributed by atoms with Gasteiger partial charge in [-0.1, -0.05) is 6.92 Å². The molecule has 1 aliphatic rings.